The molecular weight excluding hydrogens is 234 g/mol. The highest BCUT2D eigenvalue weighted by atomic mass is 35.5. The van der Waals surface area contributed by atoms with Gasteiger partial charge >= 0.3 is 0 Å². The summed E-state index contributed by atoms with van der Waals surface area (Å²) in [4.78, 5) is 0. The number of rotatable bonds is 3. The van der Waals surface area contributed by atoms with Gasteiger partial charge in [-0.15, -0.1) is 0 Å². The summed E-state index contributed by atoms with van der Waals surface area (Å²) in [6.45, 7) is 2.57. The van der Waals surface area contributed by atoms with E-state index in [2.05, 4.69) is 13.0 Å². The number of halogens is 1. The van der Waals surface area contributed by atoms with Crippen LogP contribution in [0.4, 0.5) is 5.69 Å². The average molecular weight is 248 g/mol. The molecule has 0 aliphatic rings. The second-order valence-electron chi connectivity index (χ2n) is 3.91. The fourth-order valence-corrected chi connectivity index (χ4v) is 1.81. The molecule has 0 bridgehead atoms. The zero-order chi connectivity index (χ0) is 12.3. The summed E-state index contributed by atoms with van der Waals surface area (Å²) >= 11 is 6.03. The number of ether oxygens (including phenoxy) is 1. The second-order valence-corrected chi connectivity index (χ2v) is 4.31. The van der Waals surface area contributed by atoms with Crippen molar-refractivity contribution in [2.24, 2.45) is 0 Å². The van der Waals surface area contributed by atoms with Gasteiger partial charge in [0, 0.05) is 5.69 Å². The quantitative estimate of drug-likeness (QED) is 0.837. The monoisotopic (exact) mass is 247 g/mol. The highest BCUT2D eigenvalue weighted by molar-refractivity contribution is 6.32. The van der Waals surface area contributed by atoms with Crippen LogP contribution in [0, 0.1) is 6.92 Å². The minimum atomic E-state index is 0.510. The number of hydrogen-bond donors (Lipinski definition) is 1. The van der Waals surface area contributed by atoms with Crippen LogP contribution in [-0.2, 0) is 6.61 Å². The number of hydrogen-bond acceptors (Lipinski definition) is 2. The molecule has 2 aromatic rings. The molecule has 2 nitrogen and oxygen atoms in total. The van der Waals surface area contributed by atoms with Gasteiger partial charge in [-0.2, -0.15) is 0 Å². The standard InChI is InChI=1S/C14H14ClNO/c1-10-4-2-3-5-11(10)9-17-14-7-6-12(16)8-13(14)15/h2-8H,9,16H2,1H3. The van der Waals surface area contributed by atoms with Gasteiger partial charge in [-0.1, -0.05) is 35.9 Å². The molecule has 0 spiro atoms. The van der Waals surface area contributed by atoms with Gasteiger partial charge < -0.3 is 10.5 Å². The lowest BCUT2D eigenvalue weighted by Crippen LogP contribution is -1.98. The van der Waals surface area contributed by atoms with E-state index in [9.17, 15) is 0 Å². The van der Waals surface area contributed by atoms with Crippen molar-refractivity contribution in [1.29, 1.82) is 0 Å². The molecule has 0 fully saturated rings. The maximum absolute atomic E-state index is 6.03. The maximum atomic E-state index is 6.03. The van der Waals surface area contributed by atoms with E-state index in [4.69, 9.17) is 22.1 Å². The predicted octanol–water partition coefficient (Wildman–Crippen LogP) is 3.81. The lowest BCUT2D eigenvalue weighted by Gasteiger charge is -2.10. The van der Waals surface area contributed by atoms with Crippen LogP contribution in [0.2, 0.25) is 5.02 Å². The van der Waals surface area contributed by atoms with Crippen molar-refractivity contribution in [2.45, 2.75) is 13.5 Å². The molecule has 2 N–H and O–H groups in total. The Morgan fingerprint density at radius 2 is 1.94 bits per heavy atom. The molecule has 0 amide bonds. The lowest BCUT2D eigenvalue weighted by molar-refractivity contribution is 0.305. The summed E-state index contributed by atoms with van der Waals surface area (Å²) in [6, 6.07) is 13.4. The SMILES string of the molecule is Cc1ccccc1COc1ccc(N)cc1Cl. The van der Waals surface area contributed by atoms with Crippen molar-refractivity contribution in [3.05, 3.63) is 58.6 Å². The van der Waals surface area contributed by atoms with Crippen LogP contribution in [0.15, 0.2) is 42.5 Å². The van der Waals surface area contributed by atoms with Crippen LogP contribution < -0.4 is 10.5 Å². The second kappa shape index (κ2) is 5.11. The molecule has 2 rings (SSSR count). The first-order valence-electron chi connectivity index (χ1n) is 5.39. The molecule has 0 radical (unpaired) electrons. The van der Waals surface area contributed by atoms with Crippen LogP contribution >= 0.6 is 11.6 Å². The largest absolute Gasteiger partial charge is 0.487 e. The highest BCUT2D eigenvalue weighted by Crippen LogP contribution is 2.27. The van der Waals surface area contributed by atoms with Crippen molar-refractivity contribution in [3.8, 4) is 5.75 Å². The number of nitrogen functional groups attached to an aromatic ring is 1. The Labute approximate surface area is 106 Å². The van der Waals surface area contributed by atoms with E-state index in [1.807, 2.05) is 18.2 Å². The fourth-order valence-electron chi connectivity index (χ4n) is 1.56. The topological polar surface area (TPSA) is 35.2 Å². The van der Waals surface area contributed by atoms with Crippen molar-refractivity contribution in [1.82, 2.24) is 0 Å². The summed E-state index contributed by atoms with van der Waals surface area (Å²) in [5.74, 6) is 0.657. The lowest BCUT2D eigenvalue weighted by atomic mass is 10.1. The molecule has 88 valence electrons. The molecule has 0 atom stereocenters. The van der Waals surface area contributed by atoms with E-state index in [0.717, 1.165) is 5.56 Å². The van der Waals surface area contributed by atoms with E-state index in [0.29, 0.717) is 23.1 Å². The Hall–Kier alpha value is -1.67. The third-order valence-electron chi connectivity index (χ3n) is 2.60. The number of nitrogens with two attached hydrogens (primary N) is 1. The number of anilines is 1. The Morgan fingerprint density at radius 3 is 2.65 bits per heavy atom. The maximum Gasteiger partial charge on any atom is 0.138 e. The molecule has 0 saturated heterocycles. The van der Waals surface area contributed by atoms with Crippen LogP contribution in [0.3, 0.4) is 0 Å². The summed E-state index contributed by atoms with van der Waals surface area (Å²) in [6.07, 6.45) is 0. The molecule has 0 heterocycles. The molecule has 0 aliphatic carbocycles. The van der Waals surface area contributed by atoms with Crippen LogP contribution in [0.5, 0.6) is 5.75 Å². The summed E-state index contributed by atoms with van der Waals surface area (Å²) in [5.41, 5.74) is 8.62. The zero-order valence-corrected chi connectivity index (χ0v) is 10.4. The minimum Gasteiger partial charge on any atom is -0.487 e. The highest BCUT2D eigenvalue weighted by Gasteiger charge is 2.03. The fraction of sp³-hybridized carbons (Fsp3) is 0.143. The van der Waals surface area contributed by atoms with E-state index in [1.165, 1.54) is 5.56 Å². The summed E-state index contributed by atoms with van der Waals surface area (Å²) in [5, 5.41) is 0.540. The molecule has 0 aromatic heterocycles. The van der Waals surface area contributed by atoms with E-state index >= 15 is 0 Å². The van der Waals surface area contributed by atoms with Crippen molar-refractivity contribution in [3.63, 3.8) is 0 Å². The minimum absolute atomic E-state index is 0.510. The Morgan fingerprint density at radius 1 is 1.18 bits per heavy atom. The zero-order valence-electron chi connectivity index (χ0n) is 9.61. The van der Waals surface area contributed by atoms with Gasteiger partial charge in [-0.25, -0.2) is 0 Å². The van der Waals surface area contributed by atoms with Crippen molar-refractivity contribution in [2.75, 3.05) is 5.73 Å². The molecule has 0 aliphatic heterocycles. The Balaban J connectivity index is 2.10. The first-order chi connectivity index (χ1) is 8.16. The third-order valence-corrected chi connectivity index (χ3v) is 2.90. The molecule has 2 aromatic carbocycles. The summed E-state index contributed by atoms with van der Waals surface area (Å²) < 4.78 is 5.67. The van der Waals surface area contributed by atoms with Gasteiger partial charge in [0.25, 0.3) is 0 Å². The van der Waals surface area contributed by atoms with Gasteiger partial charge in [0.2, 0.25) is 0 Å². The first kappa shape index (κ1) is 11.8. The molecule has 0 unspecified atom stereocenters. The predicted molar refractivity (Wildman–Crippen MR) is 71.4 cm³/mol. The van der Waals surface area contributed by atoms with Gasteiger partial charge in [-0.3, -0.25) is 0 Å². The van der Waals surface area contributed by atoms with Crippen molar-refractivity contribution < 1.29 is 4.74 Å². The molecule has 17 heavy (non-hydrogen) atoms. The van der Waals surface area contributed by atoms with Gasteiger partial charge in [0.1, 0.15) is 12.4 Å². The molecular formula is C14H14ClNO. The number of benzene rings is 2. The van der Waals surface area contributed by atoms with Crippen LogP contribution in [-0.4, -0.2) is 0 Å². The molecule has 3 heteroatoms. The Kier molecular flexibility index (Phi) is 3.55. The van der Waals surface area contributed by atoms with Gasteiger partial charge in [0.05, 0.1) is 5.02 Å². The van der Waals surface area contributed by atoms with E-state index < -0.39 is 0 Å². The average Bonchev–Trinajstić information content (AvgIpc) is 2.30. The number of aryl methyl sites for hydroxylation is 1. The molecule has 0 saturated carbocycles. The third kappa shape index (κ3) is 2.92. The normalized spacial score (nSPS) is 10.2. The van der Waals surface area contributed by atoms with E-state index in [-0.39, 0.29) is 0 Å². The van der Waals surface area contributed by atoms with E-state index in [1.54, 1.807) is 18.2 Å². The van der Waals surface area contributed by atoms with Gasteiger partial charge in [-0.05, 0) is 36.2 Å². The van der Waals surface area contributed by atoms with Gasteiger partial charge in [0.15, 0.2) is 0 Å². The smallest absolute Gasteiger partial charge is 0.138 e. The van der Waals surface area contributed by atoms with Crippen LogP contribution in [0.1, 0.15) is 11.1 Å². The van der Waals surface area contributed by atoms with Crippen molar-refractivity contribution >= 4 is 17.3 Å². The first-order valence-corrected chi connectivity index (χ1v) is 5.77. The Bertz CT molecular complexity index is 525. The summed E-state index contributed by atoms with van der Waals surface area (Å²) in [7, 11) is 0. The van der Waals surface area contributed by atoms with Crippen LogP contribution in [0.25, 0.3) is 0 Å².